The Morgan fingerprint density at radius 2 is 2.10 bits per heavy atom. The Bertz CT molecular complexity index is 452. The summed E-state index contributed by atoms with van der Waals surface area (Å²) in [5, 5.41) is 9.97. The van der Waals surface area contributed by atoms with E-state index < -0.39 is 0 Å². The minimum atomic E-state index is -0.175. The van der Waals surface area contributed by atoms with E-state index in [1.165, 1.54) is 0 Å². The number of amides is 1. The summed E-state index contributed by atoms with van der Waals surface area (Å²) in [5.74, 6) is 1.08. The summed E-state index contributed by atoms with van der Waals surface area (Å²) in [6, 6.07) is 4.07. The number of rotatable bonds is 4. The molecule has 1 amide bonds. The number of aliphatic hydroxyl groups excluding tert-OH is 1. The molecule has 5 heteroatoms. The maximum absolute atomic E-state index is 12.2. The second-order valence-electron chi connectivity index (χ2n) is 6.06. The van der Waals surface area contributed by atoms with Crippen molar-refractivity contribution in [1.29, 1.82) is 0 Å². The Balaban J connectivity index is 1.43. The van der Waals surface area contributed by atoms with Gasteiger partial charge in [0.25, 0.3) is 0 Å². The number of hydrogen-bond donors (Lipinski definition) is 1. The summed E-state index contributed by atoms with van der Waals surface area (Å²) in [4.78, 5) is 16.5. The van der Waals surface area contributed by atoms with Gasteiger partial charge in [-0.25, -0.2) is 0 Å². The number of furan rings is 1. The van der Waals surface area contributed by atoms with E-state index >= 15 is 0 Å². The van der Waals surface area contributed by atoms with E-state index in [0.717, 1.165) is 51.2 Å². The predicted octanol–water partition coefficient (Wildman–Crippen LogP) is 1.27. The monoisotopic (exact) mass is 292 g/mol. The molecule has 0 aromatic carbocycles. The summed E-state index contributed by atoms with van der Waals surface area (Å²) < 4.78 is 5.26. The van der Waals surface area contributed by atoms with Gasteiger partial charge in [0, 0.05) is 45.1 Å². The predicted molar refractivity (Wildman–Crippen MR) is 78.8 cm³/mol. The molecule has 1 aliphatic carbocycles. The summed E-state index contributed by atoms with van der Waals surface area (Å²) in [6.07, 6.45) is 5.79. The Morgan fingerprint density at radius 1 is 1.29 bits per heavy atom. The lowest BCUT2D eigenvalue weighted by atomic mass is 10.1. The van der Waals surface area contributed by atoms with Crippen LogP contribution in [-0.2, 0) is 11.2 Å². The van der Waals surface area contributed by atoms with Gasteiger partial charge in [0.15, 0.2) is 0 Å². The van der Waals surface area contributed by atoms with Gasteiger partial charge in [-0.1, -0.05) is 0 Å². The molecule has 1 saturated heterocycles. The molecule has 0 spiro atoms. The van der Waals surface area contributed by atoms with Crippen LogP contribution in [0.1, 0.15) is 31.4 Å². The lowest BCUT2D eigenvalue weighted by molar-refractivity contribution is -0.133. The van der Waals surface area contributed by atoms with Crippen LogP contribution in [0.5, 0.6) is 0 Å². The molecule has 5 nitrogen and oxygen atoms in total. The van der Waals surface area contributed by atoms with Crippen molar-refractivity contribution in [2.24, 2.45) is 0 Å². The van der Waals surface area contributed by atoms with Crippen molar-refractivity contribution >= 4 is 5.91 Å². The molecule has 2 fully saturated rings. The Kier molecular flexibility index (Phi) is 4.60. The maximum atomic E-state index is 12.2. The van der Waals surface area contributed by atoms with Crippen molar-refractivity contribution in [2.45, 2.75) is 44.2 Å². The highest BCUT2D eigenvalue weighted by Gasteiger charge is 2.33. The van der Waals surface area contributed by atoms with Crippen molar-refractivity contribution in [2.75, 3.05) is 26.2 Å². The average molecular weight is 292 g/mol. The van der Waals surface area contributed by atoms with Gasteiger partial charge in [0.05, 0.1) is 12.4 Å². The number of piperazine rings is 1. The highest BCUT2D eigenvalue weighted by molar-refractivity contribution is 5.76. The number of aryl methyl sites for hydroxylation is 1. The molecular formula is C16H24N2O3. The van der Waals surface area contributed by atoms with E-state index in [2.05, 4.69) is 4.90 Å². The van der Waals surface area contributed by atoms with E-state index in [1.807, 2.05) is 17.0 Å². The largest absolute Gasteiger partial charge is 0.469 e. The standard InChI is InChI=1S/C16H24N2O3/c19-15-5-1-4-14(15)17-8-10-18(11-9-17)16(20)7-6-13-3-2-12-21-13/h2-3,12,14-15,19H,1,4-11H2/t14-,15+/m0/s1. The van der Waals surface area contributed by atoms with Crippen LogP contribution >= 0.6 is 0 Å². The van der Waals surface area contributed by atoms with Crippen LogP contribution in [0.15, 0.2) is 22.8 Å². The molecule has 2 aliphatic rings. The smallest absolute Gasteiger partial charge is 0.223 e. The van der Waals surface area contributed by atoms with Gasteiger partial charge in [-0.2, -0.15) is 0 Å². The first-order valence-electron chi connectivity index (χ1n) is 7.96. The quantitative estimate of drug-likeness (QED) is 0.908. The van der Waals surface area contributed by atoms with Crippen LogP contribution in [0.4, 0.5) is 0 Å². The summed E-state index contributed by atoms with van der Waals surface area (Å²) >= 11 is 0. The second kappa shape index (κ2) is 6.62. The van der Waals surface area contributed by atoms with Gasteiger partial charge in [-0.3, -0.25) is 9.69 Å². The second-order valence-corrected chi connectivity index (χ2v) is 6.06. The lowest BCUT2D eigenvalue weighted by Gasteiger charge is -2.39. The van der Waals surface area contributed by atoms with Crippen LogP contribution in [0.3, 0.4) is 0 Å². The zero-order valence-electron chi connectivity index (χ0n) is 12.4. The fourth-order valence-corrected chi connectivity index (χ4v) is 3.49. The zero-order valence-corrected chi connectivity index (χ0v) is 12.4. The molecule has 2 atom stereocenters. The fraction of sp³-hybridized carbons (Fsp3) is 0.688. The number of nitrogens with zero attached hydrogens (tertiary/aromatic N) is 2. The van der Waals surface area contributed by atoms with Crippen LogP contribution in [-0.4, -0.2) is 59.1 Å². The first kappa shape index (κ1) is 14.6. The molecule has 1 aromatic rings. The third-order valence-corrected chi connectivity index (χ3v) is 4.75. The third kappa shape index (κ3) is 3.47. The zero-order chi connectivity index (χ0) is 14.7. The molecule has 1 N–H and O–H groups in total. The van der Waals surface area contributed by atoms with Crippen molar-refractivity contribution in [3.05, 3.63) is 24.2 Å². The number of carbonyl (C=O) groups excluding carboxylic acids is 1. The van der Waals surface area contributed by atoms with E-state index in [-0.39, 0.29) is 12.0 Å². The van der Waals surface area contributed by atoms with E-state index in [9.17, 15) is 9.90 Å². The number of aliphatic hydroxyl groups is 1. The van der Waals surface area contributed by atoms with Crippen molar-refractivity contribution in [3.63, 3.8) is 0 Å². The molecule has 3 rings (SSSR count). The molecule has 0 unspecified atom stereocenters. The average Bonchev–Trinajstić information content (AvgIpc) is 3.16. The van der Waals surface area contributed by atoms with Crippen LogP contribution < -0.4 is 0 Å². The van der Waals surface area contributed by atoms with Gasteiger partial charge in [-0.15, -0.1) is 0 Å². The SMILES string of the molecule is O=C(CCc1ccco1)N1CCN([C@H]2CCC[C@H]2O)CC1. The van der Waals surface area contributed by atoms with Gasteiger partial charge in [0.2, 0.25) is 5.91 Å². The first-order chi connectivity index (χ1) is 10.2. The first-order valence-corrected chi connectivity index (χ1v) is 7.96. The number of carbonyl (C=O) groups is 1. The van der Waals surface area contributed by atoms with Crippen LogP contribution in [0.2, 0.25) is 0 Å². The molecule has 2 heterocycles. The van der Waals surface area contributed by atoms with Crippen LogP contribution in [0, 0.1) is 0 Å². The molecule has 0 radical (unpaired) electrons. The van der Waals surface area contributed by atoms with Gasteiger partial charge in [-0.05, 0) is 31.4 Å². The Morgan fingerprint density at radius 3 is 2.71 bits per heavy atom. The van der Waals surface area contributed by atoms with Crippen LogP contribution in [0.25, 0.3) is 0 Å². The molecule has 0 bridgehead atoms. The molecule has 21 heavy (non-hydrogen) atoms. The highest BCUT2D eigenvalue weighted by atomic mass is 16.3. The molecule has 1 saturated carbocycles. The Labute approximate surface area is 125 Å². The molecular weight excluding hydrogens is 268 g/mol. The minimum Gasteiger partial charge on any atom is -0.469 e. The Hall–Kier alpha value is -1.33. The summed E-state index contributed by atoms with van der Waals surface area (Å²) in [7, 11) is 0. The summed E-state index contributed by atoms with van der Waals surface area (Å²) in [6.45, 7) is 3.32. The summed E-state index contributed by atoms with van der Waals surface area (Å²) in [5.41, 5.74) is 0. The van der Waals surface area contributed by atoms with Crippen molar-refractivity contribution in [1.82, 2.24) is 9.80 Å². The fourth-order valence-electron chi connectivity index (χ4n) is 3.49. The van der Waals surface area contributed by atoms with Crippen molar-refractivity contribution in [3.8, 4) is 0 Å². The van der Waals surface area contributed by atoms with Gasteiger partial charge >= 0.3 is 0 Å². The minimum absolute atomic E-state index is 0.175. The highest BCUT2D eigenvalue weighted by Crippen LogP contribution is 2.25. The molecule has 116 valence electrons. The number of hydrogen-bond acceptors (Lipinski definition) is 4. The maximum Gasteiger partial charge on any atom is 0.223 e. The van der Waals surface area contributed by atoms with E-state index in [1.54, 1.807) is 6.26 Å². The molecule has 1 aliphatic heterocycles. The van der Waals surface area contributed by atoms with Gasteiger partial charge in [0.1, 0.15) is 5.76 Å². The third-order valence-electron chi connectivity index (χ3n) is 4.75. The van der Waals surface area contributed by atoms with E-state index in [4.69, 9.17) is 4.42 Å². The van der Waals surface area contributed by atoms with Gasteiger partial charge < -0.3 is 14.4 Å². The molecule has 1 aromatic heterocycles. The lowest BCUT2D eigenvalue weighted by Crippen LogP contribution is -2.53. The van der Waals surface area contributed by atoms with Crippen molar-refractivity contribution < 1.29 is 14.3 Å². The van der Waals surface area contributed by atoms with E-state index in [0.29, 0.717) is 18.9 Å². The topological polar surface area (TPSA) is 56.9 Å². The normalized spacial score (nSPS) is 27.2.